The fourth-order valence-corrected chi connectivity index (χ4v) is 0.671. The van der Waals surface area contributed by atoms with Crippen LogP contribution in [-0.4, -0.2) is 34.9 Å². The van der Waals surface area contributed by atoms with Crippen LogP contribution in [0.1, 0.15) is 20.8 Å². The lowest BCUT2D eigenvalue weighted by Gasteiger charge is -2.13. The lowest BCUT2D eigenvalue weighted by atomic mass is 10.5. The van der Waals surface area contributed by atoms with Gasteiger partial charge in [-0.2, -0.15) is 0 Å². The van der Waals surface area contributed by atoms with Gasteiger partial charge in [-0.15, -0.1) is 0 Å². The molecule has 0 saturated heterocycles. The van der Waals surface area contributed by atoms with Gasteiger partial charge in [0, 0.05) is 0 Å². The molecule has 0 heterocycles. The molecule has 3 heteroatoms. The van der Waals surface area contributed by atoms with Crippen molar-refractivity contribution in [2.24, 2.45) is 5.40 Å². The quantitative estimate of drug-likeness (QED) is 0.551. The van der Waals surface area contributed by atoms with E-state index in [1.165, 1.54) is 19.6 Å². The average Bonchev–Trinajstić information content (AvgIpc) is 1.96. The van der Waals surface area contributed by atoms with Gasteiger partial charge in [-0.05, 0) is 19.6 Å². The summed E-state index contributed by atoms with van der Waals surface area (Å²) in [5, 5.41) is 4.64. The maximum atomic E-state index is 4.64. The normalized spacial score (nSPS) is 9.00. The Morgan fingerprint density at radius 2 is 1.22 bits per heavy atom. The summed E-state index contributed by atoms with van der Waals surface area (Å²) in [7, 11) is 0.806. The molecule has 0 aromatic carbocycles. The van der Waals surface area contributed by atoms with E-state index in [2.05, 4.69) is 31.1 Å². The van der Waals surface area contributed by atoms with Crippen molar-refractivity contribution in [1.82, 2.24) is 4.90 Å². The molecule has 2 N–H and O–H groups in total. The monoisotopic (exact) mass is 148 g/mol. The first-order chi connectivity index (χ1) is 4.35. The van der Waals surface area contributed by atoms with Crippen molar-refractivity contribution >= 4 is 10.4 Å². The largest absolute Gasteiger partial charge is 0.358 e. The van der Waals surface area contributed by atoms with Crippen molar-refractivity contribution in [3.05, 3.63) is 0 Å². The van der Waals surface area contributed by atoms with Gasteiger partial charge in [-0.3, -0.25) is 0 Å². The Morgan fingerprint density at radius 3 is 1.22 bits per heavy atom. The number of nitrogens with two attached hydrogens (primary N) is 1. The molecule has 0 atom stereocenters. The van der Waals surface area contributed by atoms with Crippen LogP contribution in [0.4, 0.5) is 0 Å². The van der Waals surface area contributed by atoms with Crippen LogP contribution in [0.3, 0.4) is 0 Å². The van der Waals surface area contributed by atoms with E-state index in [1.807, 2.05) is 0 Å². The summed E-state index contributed by atoms with van der Waals surface area (Å²) in [6, 6.07) is 0. The topological polar surface area (TPSA) is 29.3 Å². The van der Waals surface area contributed by atoms with E-state index in [-0.39, 0.29) is 0 Å². The molecule has 0 fully saturated rings. The van der Waals surface area contributed by atoms with Crippen LogP contribution in [0.2, 0.25) is 0 Å². The van der Waals surface area contributed by atoms with Crippen molar-refractivity contribution in [2.45, 2.75) is 20.8 Å². The summed E-state index contributed by atoms with van der Waals surface area (Å²) in [5.41, 5.74) is 0. The van der Waals surface area contributed by atoms with Crippen molar-refractivity contribution in [3.63, 3.8) is 0 Å². The predicted molar refractivity (Wildman–Crippen MR) is 47.6 cm³/mol. The van der Waals surface area contributed by atoms with E-state index < -0.39 is 0 Å². The molecule has 0 aromatic rings. The molecule has 0 saturated carbocycles. The van der Waals surface area contributed by atoms with Gasteiger partial charge >= 0.3 is 0 Å². The average molecular weight is 148 g/mol. The SMILES string of the molecule is CCN(CC)CC.N[SiH3]. The molecule has 0 spiro atoms. The Kier molecular flexibility index (Phi) is 14.5. The van der Waals surface area contributed by atoms with Gasteiger partial charge in [0.05, 0.1) is 10.4 Å². The minimum atomic E-state index is 0.806. The standard InChI is InChI=1S/C6H15N.H5NSi/c1-4-7(5-2)6-3;1-2/h4-6H2,1-3H3;1H2,2H3. The van der Waals surface area contributed by atoms with E-state index >= 15 is 0 Å². The van der Waals surface area contributed by atoms with Crippen LogP contribution in [0.25, 0.3) is 0 Å². The molecular weight excluding hydrogens is 128 g/mol. The fourth-order valence-electron chi connectivity index (χ4n) is 0.671. The second-order valence-electron chi connectivity index (χ2n) is 1.62. The van der Waals surface area contributed by atoms with Crippen LogP contribution in [0.15, 0.2) is 0 Å². The molecule has 2 nitrogen and oxygen atoms in total. The smallest absolute Gasteiger partial charge is 0.0716 e. The Balaban J connectivity index is 0. The third kappa shape index (κ3) is 8.14. The van der Waals surface area contributed by atoms with Gasteiger partial charge in [-0.1, -0.05) is 20.8 Å². The number of nitrogens with zero attached hydrogens (tertiary/aromatic N) is 1. The zero-order valence-electron chi connectivity index (χ0n) is 7.15. The van der Waals surface area contributed by atoms with Crippen LogP contribution < -0.4 is 5.40 Å². The van der Waals surface area contributed by atoms with E-state index in [0.717, 1.165) is 10.4 Å². The van der Waals surface area contributed by atoms with Gasteiger partial charge in [0.2, 0.25) is 0 Å². The van der Waals surface area contributed by atoms with Crippen LogP contribution in [0, 0.1) is 0 Å². The lowest BCUT2D eigenvalue weighted by Crippen LogP contribution is -2.21. The van der Waals surface area contributed by atoms with Crippen molar-refractivity contribution in [3.8, 4) is 0 Å². The molecule has 0 radical (unpaired) electrons. The highest BCUT2D eigenvalue weighted by molar-refractivity contribution is 6.02. The lowest BCUT2D eigenvalue weighted by molar-refractivity contribution is 0.321. The van der Waals surface area contributed by atoms with Crippen LogP contribution in [0.5, 0.6) is 0 Å². The molecule has 58 valence electrons. The molecule has 0 aliphatic carbocycles. The Morgan fingerprint density at radius 1 is 1.00 bits per heavy atom. The molecule has 0 aliphatic rings. The predicted octanol–water partition coefficient (Wildman–Crippen LogP) is -0.426. The van der Waals surface area contributed by atoms with Crippen molar-refractivity contribution in [1.29, 1.82) is 0 Å². The van der Waals surface area contributed by atoms with Crippen LogP contribution >= 0.6 is 0 Å². The highest BCUT2D eigenvalue weighted by Gasteiger charge is 1.89. The maximum absolute atomic E-state index is 4.64. The Bertz CT molecular complexity index is 32.5. The van der Waals surface area contributed by atoms with Gasteiger partial charge in [0.1, 0.15) is 0 Å². The molecule has 0 aromatic heterocycles. The molecule has 0 unspecified atom stereocenters. The van der Waals surface area contributed by atoms with Gasteiger partial charge in [0.15, 0.2) is 0 Å². The zero-order valence-corrected chi connectivity index (χ0v) is 9.15. The second kappa shape index (κ2) is 11.0. The zero-order chi connectivity index (χ0) is 7.70. The maximum Gasteiger partial charge on any atom is 0.0716 e. The number of hydrogen-bond acceptors (Lipinski definition) is 2. The van der Waals surface area contributed by atoms with Crippen LogP contribution in [-0.2, 0) is 0 Å². The van der Waals surface area contributed by atoms with Gasteiger partial charge in [-0.25, -0.2) is 0 Å². The first-order valence-electron chi connectivity index (χ1n) is 3.65. The summed E-state index contributed by atoms with van der Waals surface area (Å²) in [6.07, 6.45) is 0. The van der Waals surface area contributed by atoms with E-state index in [9.17, 15) is 0 Å². The van der Waals surface area contributed by atoms with E-state index in [4.69, 9.17) is 0 Å². The minimum Gasteiger partial charge on any atom is -0.358 e. The summed E-state index contributed by atoms with van der Waals surface area (Å²) in [6.45, 7) is 10.1. The summed E-state index contributed by atoms with van der Waals surface area (Å²) in [4.78, 5) is 2.38. The van der Waals surface area contributed by atoms with Gasteiger partial charge < -0.3 is 10.3 Å². The molecule has 0 rings (SSSR count). The van der Waals surface area contributed by atoms with Gasteiger partial charge in [0.25, 0.3) is 0 Å². The Labute approximate surface area is 61.9 Å². The third-order valence-electron chi connectivity index (χ3n) is 1.34. The van der Waals surface area contributed by atoms with Crippen molar-refractivity contribution < 1.29 is 0 Å². The third-order valence-corrected chi connectivity index (χ3v) is 1.34. The van der Waals surface area contributed by atoms with Crippen molar-refractivity contribution in [2.75, 3.05) is 19.6 Å². The molecule has 9 heavy (non-hydrogen) atoms. The van der Waals surface area contributed by atoms with E-state index in [0.29, 0.717) is 0 Å². The second-order valence-corrected chi connectivity index (χ2v) is 1.62. The minimum absolute atomic E-state index is 0.806. The summed E-state index contributed by atoms with van der Waals surface area (Å²) in [5.74, 6) is 0. The summed E-state index contributed by atoms with van der Waals surface area (Å²) < 4.78 is 0. The molecule has 0 bridgehead atoms. The van der Waals surface area contributed by atoms with E-state index in [1.54, 1.807) is 0 Å². The first-order valence-corrected chi connectivity index (χ1v) is 4.80. The highest BCUT2D eigenvalue weighted by Crippen LogP contribution is 1.81. The number of rotatable bonds is 3. The molecule has 0 amide bonds. The Hall–Kier alpha value is 0.137. The highest BCUT2D eigenvalue weighted by atomic mass is 28.2. The fraction of sp³-hybridized carbons (Fsp3) is 1.00. The molecule has 0 aliphatic heterocycles. The first kappa shape index (κ1) is 11.9. The molecular formula is C6H20N2Si. The summed E-state index contributed by atoms with van der Waals surface area (Å²) >= 11 is 0. The number of hydrogen-bond donors (Lipinski definition) is 1.